The standard InChI is InChI=1S/C15H20ClN3S/c1-10(17-3)13-6-5-12(7-14(13)16)19(4)8-15-11(2)18-9-20-15/h5-7,9-10,17H,8H2,1-4H3. The van der Waals surface area contributed by atoms with Gasteiger partial charge in [0.15, 0.2) is 0 Å². The van der Waals surface area contributed by atoms with Gasteiger partial charge in [0.1, 0.15) is 0 Å². The fraction of sp³-hybridized carbons (Fsp3) is 0.400. The van der Waals surface area contributed by atoms with Crippen LogP contribution in [0.3, 0.4) is 0 Å². The minimum atomic E-state index is 0.255. The van der Waals surface area contributed by atoms with Gasteiger partial charge in [-0.1, -0.05) is 17.7 Å². The van der Waals surface area contributed by atoms with Crippen LogP contribution in [0.2, 0.25) is 5.02 Å². The van der Waals surface area contributed by atoms with Gasteiger partial charge in [-0.15, -0.1) is 11.3 Å². The molecule has 1 atom stereocenters. The monoisotopic (exact) mass is 309 g/mol. The zero-order valence-corrected chi connectivity index (χ0v) is 13.8. The molecule has 1 aromatic heterocycles. The summed E-state index contributed by atoms with van der Waals surface area (Å²) in [6.07, 6.45) is 0. The molecule has 2 rings (SSSR count). The van der Waals surface area contributed by atoms with Gasteiger partial charge >= 0.3 is 0 Å². The lowest BCUT2D eigenvalue weighted by molar-refractivity contribution is 0.652. The van der Waals surface area contributed by atoms with Crippen LogP contribution in [-0.2, 0) is 6.54 Å². The number of aromatic nitrogens is 1. The van der Waals surface area contributed by atoms with E-state index in [2.05, 4.69) is 41.3 Å². The summed E-state index contributed by atoms with van der Waals surface area (Å²) in [5.74, 6) is 0. The third-order valence-electron chi connectivity index (χ3n) is 3.55. The van der Waals surface area contributed by atoms with Gasteiger partial charge in [0.2, 0.25) is 0 Å². The number of nitrogens with zero attached hydrogens (tertiary/aromatic N) is 2. The highest BCUT2D eigenvalue weighted by Crippen LogP contribution is 2.28. The molecule has 0 bridgehead atoms. The first-order valence-electron chi connectivity index (χ1n) is 6.59. The molecule has 0 radical (unpaired) electrons. The summed E-state index contributed by atoms with van der Waals surface area (Å²) in [4.78, 5) is 7.77. The van der Waals surface area contributed by atoms with E-state index in [1.807, 2.05) is 25.5 Å². The molecule has 1 aromatic carbocycles. The van der Waals surface area contributed by atoms with Gasteiger partial charge in [-0.3, -0.25) is 0 Å². The maximum Gasteiger partial charge on any atom is 0.0798 e. The summed E-state index contributed by atoms with van der Waals surface area (Å²) < 4.78 is 0. The van der Waals surface area contributed by atoms with E-state index < -0.39 is 0 Å². The van der Waals surface area contributed by atoms with Crippen molar-refractivity contribution in [2.75, 3.05) is 19.0 Å². The fourth-order valence-electron chi connectivity index (χ4n) is 2.04. The summed E-state index contributed by atoms with van der Waals surface area (Å²) in [5.41, 5.74) is 5.24. The number of rotatable bonds is 5. The van der Waals surface area contributed by atoms with Crippen molar-refractivity contribution in [1.29, 1.82) is 0 Å². The van der Waals surface area contributed by atoms with Gasteiger partial charge in [-0.25, -0.2) is 4.98 Å². The summed E-state index contributed by atoms with van der Waals surface area (Å²) in [7, 11) is 4.01. The summed E-state index contributed by atoms with van der Waals surface area (Å²) in [6.45, 7) is 5.00. The van der Waals surface area contributed by atoms with Gasteiger partial charge in [0, 0.05) is 28.7 Å². The molecule has 2 aromatic rings. The molecular formula is C15H20ClN3S. The van der Waals surface area contributed by atoms with Crippen LogP contribution in [0.4, 0.5) is 5.69 Å². The quantitative estimate of drug-likeness (QED) is 0.904. The Labute approximate surface area is 129 Å². The van der Waals surface area contributed by atoms with E-state index in [1.165, 1.54) is 4.88 Å². The van der Waals surface area contributed by atoms with Crippen molar-refractivity contribution in [2.24, 2.45) is 0 Å². The highest BCUT2D eigenvalue weighted by Gasteiger charge is 2.11. The highest BCUT2D eigenvalue weighted by molar-refractivity contribution is 7.09. The molecule has 0 aliphatic heterocycles. The summed E-state index contributed by atoms with van der Waals surface area (Å²) >= 11 is 8.08. The Hall–Kier alpha value is -1.10. The molecular weight excluding hydrogens is 290 g/mol. The lowest BCUT2D eigenvalue weighted by Crippen LogP contribution is -2.17. The van der Waals surface area contributed by atoms with Crippen molar-refractivity contribution in [3.8, 4) is 0 Å². The van der Waals surface area contributed by atoms with Gasteiger partial charge in [0.25, 0.3) is 0 Å². The molecule has 3 nitrogen and oxygen atoms in total. The molecule has 0 aliphatic rings. The van der Waals surface area contributed by atoms with E-state index in [1.54, 1.807) is 11.3 Å². The minimum absolute atomic E-state index is 0.255. The van der Waals surface area contributed by atoms with E-state index in [0.29, 0.717) is 0 Å². The number of thiazole rings is 1. The number of hydrogen-bond donors (Lipinski definition) is 1. The van der Waals surface area contributed by atoms with Crippen molar-refractivity contribution in [1.82, 2.24) is 10.3 Å². The molecule has 5 heteroatoms. The lowest BCUT2D eigenvalue weighted by Gasteiger charge is -2.21. The Bertz CT molecular complexity index is 582. The average Bonchev–Trinajstić information content (AvgIpc) is 2.83. The highest BCUT2D eigenvalue weighted by atomic mass is 35.5. The molecule has 0 fully saturated rings. The molecule has 1 unspecified atom stereocenters. The van der Waals surface area contributed by atoms with Crippen LogP contribution in [0.15, 0.2) is 23.7 Å². The molecule has 0 aliphatic carbocycles. The van der Waals surface area contributed by atoms with Crippen LogP contribution >= 0.6 is 22.9 Å². The Morgan fingerprint density at radius 1 is 1.45 bits per heavy atom. The first kappa shape index (κ1) is 15.3. The van der Waals surface area contributed by atoms with E-state index in [4.69, 9.17) is 11.6 Å². The maximum atomic E-state index is 6.38. The predicted octanol–water partition coefficient (Wildman–Crippen LogP) is 4.02. The van der Waals surface area contributed by atoms with Crippen LogP contribution < -0.4 is 10.2 Å². The number of anilines is 1. The number of benzene rings is 1. The second kappa shape index (κ2) is 6.57. The molecule has 1 heterocycles. The molecule has 0 saturated heterocycles. The Kier molecular flexibility index (Phi) is 5.02. The molecule has 0 amide bonds. The number of hydrogen-bond acceptors (Lipinski definition) is 4. The van der Waals surface area contributed by atoms with Gasteiger partial charge < -0.3 is 10.2 Å². The molecule has 0 spiro atoms. The van der Waals surface area contributed by atoms with Crippen molar-refractivity contribution in [2.45, 2.75) is 26.4 Å². The topological polar surface area (TPSA) is 28.2 Å². The van der Waals surface area contributed by atoms with Crippen LogP contribution in [0.5, 0.6) is 0 Å². The Balaban J connectivity index is 2.17. The van der Waals surface area contributed by atoms with Crippen molar-refractivity contribution in [3.63, 3.8) is 0 Å². The van der Waals surface area contributed by atoms with Crippen LogP contribution in [-0.4, -0.2) is 19.1 Å². The van der Waals surface area contributed by atoms with Crippen LogP contribution in [0.25, 0.3) is 0 Å². The SMILES string of the molecule is CNC(C)c1ccc(N(C)Cc2scnc2C)cc1Cl. The molecule has 0 saturated carbocycles. The second-order valence-electron chi connectivity index (χ2n) is 4.93. The van der Waals surface area contributed by atoms with Gasteiger partial charge in [-0.2, -0.15) is 0 Å². The molecule has 108 valence electrons. The molecule has 1 N–H and O–H groups in total. The van der Waals surface area contributed by atoms with Crippen LogP contribution in [0, 0.1) is 6.92 Å². The smallest absolute Gasteiger partial charge is 0.0798 e. The van der Waals surface area contributed by atoms with E-state index >= 15 is 0 Å². The first-order chi connectivity index (χ1) is 9.52. The largest absolute Gasteiger partial charge is 0.369 e. The third kappa shape index (κ3) is 3.32. The zero-order chi connectivity index (χ0) is 14.7. The van der Waals surface area contributed by atoms with Crippen molar-refractivity contribution in [3.05, 3.63) is 44.9 Å². The first-order valence-corrected chi connectivity index (χ1v) is 7.85. The summed E-state index contributed by atoms with van der Waals surface area (Å²) in [6, 6.07) is 6.49. The summed E-state index contributed by atoms with van der Waals surface area (Å²) in [5, 5.41) is 4.01. The Morgan fingerprint density at radius 2 is 2.20 bits per heavy atom. The fourth-order valence-corrected chi connectivity index (χ4v) is 3.21. The Morgan fingerprint density at radius 3 is 2.75 bits per heavy atom. The second-order valence-corrected chi connectivity index (χ2v) is 6.28. The molecule has 20 heavy (non-hydrogen) atoms. The van der Waals surface area contributed by atoms with E-state index in [9.17, 15) is 0 Å². The van der Waals surface area contributed by atoms with Crippen molar-refractivity contribution < 1.29 is 0 Å². The number of halogens is 1. The maximum absolute atomic E-state index is 6.38. The van der Waals surface area contributed by atoms with Gasteiger partial charge in [-0.05, 0) is 38.6 Å². The third-order valence-corrected chi connectivity index (χ3v) is 4.80. The minimum Gasteiger partial charge on any atom is -0.369 e. The van der Waals surface area contributed by atoms with E-state index in [-0.39, 0.29) is 6.04 Å². The van der Waals surface area contributed by atoms with E-state index in [0.717, 1.165) is 28.5 Å². The zero-order valence-electron chi connectivity index (χ0n) is 12.3. The number of nitrogens with one attached hydrogen (secondary N) is 1. The average molecular weight is 310 g/mol. The van der Waals surface area contributed by atoms with Gasteiger partial charge in [0.05, 0.1) is 17.7 Å². The predicted molar refractivity (Wildman–Crippen MR) is 87.9 cm³/mol. The van der Waals surface area contributed by atoms with Crippen LogP contribution in [0.1, 0.15) is 29.1 Å². The lowest BCUT2D eigenvalue weighted by atomic mass is 10.1. The normalized spacial score (nSPS) is 12.4. The van der Waals surface area contributed by atoms with Crippen molar-refractivity contribution >= 4 is 28.6 Å². The number of aryl methyl sites for hydroxylation is 1.